The summed E-state index contributed by atoms with van der Waals surface area (Å²) in [6.45, 7) is 0.935. The fourth-order valence-electron chi connectivity index (χ4n) is 4.18. The lowest BCUT2D eigenvalue weighted by Gasteiger charge is -2.43. The summed E-state index contributed by atoms with van der Waals surface area (Å²) < 4.78 is 10.6. The van der Waals surface area contributed by atoms with Crippen LogP contribution in [0.4, 0.5) is 0 Å². The van der Waals surface area contributed by atoms with Crippen LogP contribution in [0.1, 0.15) is 23.2 Å². The summed E-state index contributed by atoms with van der Waals surface area (Å²) in [6, 6.07) is 4.89. The van der Waals surface area contributed by atoms with Crippen LogP contribution in [-0.2, 0) is 9.59 Å². The van der Waals surface area contributed by atoms with Crippen LogP contribution in [0.15, 0.2) is 30.4 Å². The molecule has 134 valence electrons. The highest BCUT2D eigenvalue weighted by atomic mass is 16.7. The molecule has 26 heavy (non-hydrogen) atoms. The minimum Gasteiger partial charge on any atom is -0.454 e. The zero-order chi connectivity index (χ0) is 17.8. The number of amides is 3. The largest absolute Gasteiger partial charge is 0.454 e. The molecule has 0 saturated carbocycles. The normalized spacial score (nSPS) is 26.9. The third kappa shape index (κ3) is 2.16. The number of likely N-dealkylation sites (tertiary alicyclic amines) is 2. The Morgan fingerprint density at radius 2 is 1.62 bits per heavy atom. The summed E-state index contributed by atoms with van der Waals surface area (Å²) in [6.07, 6.45) is 5.23. The van der Waals surface area contributed by atoms with E-state index in [1.54, 1.807) is 23.1 Å². The lowest BCUT2D eigenvalue weighted by atomic mass is 9.85. The van der Waals surface area contributed by atoms with E-state index in [0.29, 0.717) is 43.0 Å². The Kier molecular flexibility index (Phi) is 3.32. The molecule has 0 bridgehead atoms. The Bertz CT molecular complexity index is 816. The molecule has 0 aromatic heterocycles. The van der Waals surface area contributed by atoms with Crippen LogP contribution < -0.4 is 9.47 Å². The van der Waals surface area contributed by atoms with Gasteiger partial charge >= 0.3 is 0 Å². The molecule has 1 aromatic carbocycles. The summed E-state index contributed by atoms with van der Waals surface area (Å²) >= 11 is 0. The molecule has 3 heterocycles. The summed E-state index contributed by atoms with van der Waals surface area (Å²) in [5.74, 6) is 0.478. The second kappa shape index (κ2) is 5.59. The first-order valence-electron chi connectivity index (χ1n) is 8.84. The number of fused-ring (bicyclic) bond motifs is 2. The van der Waals surface area contributed by atoms with Crippen molar-refractivity contribution in [1.29, 1.82) is 0 Å². The number of nitrogens with zero attached hydrogens (tertiary/aromatic N) is 2. The van der Waals surface area contributed by atoms with E-state index in [1.165, 1.54) is 4.90 Å². The van der Waals surface area contributed by atoms with Crippen molar-refractivity contribution in [1.82, 2.24) is 9.80 Å². The van der Waals surface area contributed by atoms with Crippen LogP contribution in [0.5, 0.6) is 11.5 Å². The highest BCUT2D eigenvalue weighted by Crippen LogP contribution is 2.38. The molecule has 5 rings (SSSR count). The van der Waals surface area contributed by atoms with Gasteiger partial charge in [0.1, 0.15) is 0 Å². The van der Waals surface area contributed by atoms with E-state index in [-0.39, 0.29) is 42.4 Å². The minimum absolute atomic E-state index is 0.0791. The molecule has 2 atom stereocenters. The molecule has 0 radical (unpaired) electrons. The third-order valence-corrected chi connectivity index (χ3v) is 5.68. The molecule has 4 aliphatic rings. The summed E-state index contributed by atoms with van der Waals surface area (Å²) in [7, 11) is 0. The predicted molar refractivity (Wildman–Crippen MR) is 89.5 cm³/mol. The number of benzene rings is 1. The smallest absolute Gasteiger partial charge is 0.254 e. The van der Waals surface area contributed by atoms with Gasteiger partial charge in [-0.25, -0.2) is 0 Å². The maximum atomic E-state index is 12.6. The molecule has 3 aliphatic heterocycles. The molecule has 0 N–H and O–H groups in total. The SMILES string of the molecule is O=C(c1ccc2c(c1)OCO2)N1CC(N2C(=O)[C@H]3CC=CC[C@H]3C2=O)C1. The van der Waals surface area contributed by atoms with Crippen LogP contribution in [-0.4, -0.2) is 53.4 Å². The van der Waals surface area contributed by atoms with Crippen LogP contribution in [0.25, 0.3) is 0 Å². The second-order valence-corrected chi connectivity index (χ2v) is 7.13. The zero-order valence-corrected chi connectivity index (χ0v) is 14.1. The van der Waals surface area contributed by atoms with Crippen molar-refractivity contribution in [2.24, 2.45) is 11.8 Å². The average Bonchev–Trinajstić information content (AvgIpc) is 3.18. The average molecular weight is 354 g/mol. The highest BCUT2D eigenvalue weighted by Gasteiger charge is 2.52. The molecule has 7 nitrogen and oxygen atoms in total. The van der Waals surface area contributed by atoms with Crippen LogP contribution in [0.2, 0.25) is 0 Å². The van der Waals surface area contributed by atoms with Gasteiger partial charge in [0, 0.05) is 18.7 Å². The van der Waals surface area contributed by atoms with Crippen molar-refractivity contribution in [3.8, 4) is 11.5 Å². The molecule has 1 aliphatic carbocycles. The molecule has 1 aromatic rings. The topological polar surface area (TPSA) is 76.2 Å². The standard InChI is InChI=1S/C19H18N2O5/c22-17(11-5-6-15-16(7-11)26-10-25-15)20-8-12(9-20)21-18(23)13-3-1-2-4-14(13)19(21)24/h1-2,5-7,12-14H,3-4,8-10H2/t13-,14+. The number of hydrogen-bond acceptors (Lipinski definition) is 5. The Morgan fingerprint density at radius 3 is 2.31 bits per heavy atom. The van der Waals surface area contributed by atoms with Gasteiger partial charge in [-0.05, 0) is 31.0 Å². The van der Waals surface area contributed by atoms with Gasteiger partial charge in [0.15, 0.2) is 11.5 Å². The van der Waals surface area contributed by atoms with Crippen molar-refractivity contribution in [2.75, 3.05) is 19.9 Å². The molecule has 2 saturated heterocycles. The number of rotatable bonds is 2. The quantitative estimate of drug-likeness (QED) is 0.589. The molecule has 2 fully saturated rings. The summed E-state index contributed by atoms with van der Waals surface area (Å²) in [4.78, 5) is 40.9. The van der Waals surface area contributed by atoms with E-state index in [9.17, 15) is 14.4 Å². The van der Waals surface area contributed by atoms with E-state index in [0.717, 1.165) is 0 Å². The van der Waals surface area contributed by atoms with Gasteiger partial charge in [0.25, 0.3) is 5.91 Å². The van der Waals surface area contributed by atoms with E-state index in [2.05, 4.69) is 0 Å². The van der Waals surface area contributed by atoms with Gasteiger partial charge in [-0.2, -0.15) is 0 Å². The van der Waals surface area contributed by atoms with Crippen molar-refractivity contribution < 1.29 is 23.9 Å². The number of hydrogen-bond donors (Lipinski definition) is 0. The van der Waals surface area contributed by atoms with Gasteiger partial charge in [-0.3, -0.25) is 19.3 Å². The lowest BCUT2D eigenvalue weighted by molar-refractivity contribution is -0.145. The molecule has 0 spiro atoms. The molecule has 0 unspecified atom stereocenters. The van der Waals surface area contributed by atoms with Crippen LogP contribution >= 0.6 is 0 Å². The minimum atomic E-state index is -0.217. The lowest BCUT2D eigenvalue weighted by Crippen LogP contribution is -2.62. The second-order valence-electron chi connectivity index (χ2n) is 7.13. The monoisotopic (exact) mass is 354 g/mol. The zero-order valence-electron chi connectivity index (χ0n) is 14.1. The van der Waals surface area contributed by atoms with Gasteiger partial charge in [0.2, 0.25) is 18.6 Å². The number of allylic oxidation sites excluding steroid dienone is 2. The number of imide groups is 1. The third-order valence-electron chi connectivity index (χ3n) is 5.68. The molecular weight excluding hydrogens is 336 g/mol. The fourth-order valence-corrected chi connectivity index (χ4v) is 4.18. The van der Waals surface area contributed by atoms with Crippen molar-refractivity contribution in [3.63, 3.8) is 0 Å². The highest BCUT2D eigenvalue weighted by molar-refractivity contribution is 6.06. The van der Waals surface area contributed by atoms with Crippen LogP contribution in [0, 0.1) is 11.8 Å². The molecular formula is C19H18N2O5. The first-order chi connectivity index (χ1) is 12.6. The first kappa shape index (κ1) is 15.4. The van der Waals surface area contributed by atoms with Gasteiger partial charge in [-0.1, -0.05) is 12.2 Å². The van der Waals surface area contributed by atoms with E-state index in [1.807, 2.05) is 12.2 Å². The Balaban J connectivity index is 1.27. The number of ether oxygens (including phenoxy) is 2. The summed E-state index contributed by atoms with van der Waals surface area (Å²) in [5.41, 5.74) is 0.518. The maximum absolute atomic E-state index is 12.6. The van der Waals surface area contributed by atoms with Crippen molar-refractivity contribution >= 4 is 17.7 Å². The van der Waals surface area contributed by atoms with Gasteiger partial charge in [0.05, 0.1) is 17.9 Å². The number of carbonyl (C=O) groups excluding carboxylic acids is 3. The Hall–Kier alpha value is -2.83. The van der Waals surface area contributed by atoms with Gasteiger partial charge in [-0.15, -0.1) is 0 Å². The predicted octanol–water partition coefficient (Wildman–Crippen LogP) is 1.19. The van der Waals surface area contributed by atoms with E-state index < -0.39 is 0 Å². The van der Waals surface area contributed by atoms with E-state index in [4.69, 9.17) is 9.47 Å². The van der Waals surface area contributed by atoms with Gasteiger partial charge < -0.3 is 14.4 Å². The maximum Gasteiger partial charge on any atom is 0.254 e. The Morgan fingerprint density at radius 1 is 0.962 bits per heavy atom. The van der Waals surface area contributed by atoms with Crippen molar-refractivity contribution in [2.45, 2.75) is 18.9 Å². The Labute approximate surface area is 150 Å². The van der Waals surface area contributed by atoms with E-state index >= 15 is 0 Å². The summed E-state index contributed by atoms with van der Waals surface area (Å²) in [5, 5.41) is 0. The molecule has 3 amide bonds. The van der Waals surface area contributed by atoms with Crippen molar-refractivity contribution in [3.05, 3.63) is 35.9 Å². The van der Waals surface area contributed by atoms with Crippen LogP contribution in [0.3, 0.4) is 0 Å². The first-order valence-corrected chi connectivity index (χ1v) is 8.84. The number of carbonyl (C=O) groups is 3. The fraction of sp³-hybridized carbons (Fsp3) is 0.421. The molecule has 7 heteroatoms.